The van der Waals surface area contributed by atoms with E-state index in [1.807, 2.05) is 12.1 Å². The van der Waals surface area contributed by atoms with E-state index in [1.165, 1.54) is 43.4 Å². The number of carbonyl (C=O) groups is 1. The monoisotopic (exact) mass is 441 g/mol. The predicted molar refractivity (Wildman–Crippen MR) is 122 cm³/mol. The lowest BCUT2D eigenvalue weighted by molar-refractivity contribution is -0.125. The first-order valence-corrected chi connectivity index (χ1v) is 11.8. The summed E-state index contributed by atoms with van der Waals surface area (Å²) in [4.78, 5) is 17.7. The van der Waals surface area contributed by atoms with Gasteiger partial charge in [0.1, 0.15) is 11.4 Å². The number of hydrogen-bond acceptors (Lipinski definition) is 3. The minimum Gasteiger partial charge on any atom is -0.339 e. The Hall–Kier alpha value is -2.11. The average molecular weight is 442 g/mol. The van der Waals surface area contributed by atoms with Crippen LogP contribution in [-0.2, 0) is 4.79 Å². The summed E-state index contributed by atoms with van der Waals surface area (Å²) in [5.41, 5.74) is 1.75. The normalized spacial score (nSPS) is 26.3. The fraction of sp³-hybridized carbons (Fsp3) is 0.480. The van der Waals surface area contributed by atoms with E-state index in [0.717, 1.165) is 36.6 Å². The summed E-state index contributed by atoms with van der Waals surface area (Å²) in [6.07, 6.45) is 6.52. The van der Waals surface area contributed by atoms with E-state index < -0.39 is 5.54 Å². The molecule has 0 unspecified atom stereocenters. The quantitative estimate of drug-likeness (QED) is 0.733. The van der Waals surface area contributed by atoms with Crippen molar-refractivity contribution >= 4 is 23.2 Å². The van der Waals surface area contributed by atoms with Crippen molar-refractivity contribution in [1.29, 1.82) is 0 Å². The van der Waals surface area contributed by atoms with Gasteiger partial charge in [-0.2, -0.15) is 0 Å². The van der Waals surface area contributed by atoms with Crippen LogP contribution < -0.4 is 10.2 Å². The molecule has 1 spiro atoms. The van der Waals surface area contributed by atoms with Crippen LogP contribution in [0.3, 0.4) is 0 Å². The average Bonchev–Trinajstić information content (AvgIpc) is 3.11. The molecule has 0 bridgehead atoms. The Morgan fingerprint density at radius 2 is 1.65 bits per heavy atom. The summed E-state index contributed by atoms with van der Waals surface area (Å²) in [6, 6.07) is 15.4. The van der Waals surface area contributed by atoms with E-state index in [9.17, 15) is 9.18 Å². The molecule has 2 heterocycles. The van der Waals surface area contributed by atoms with Gasteiger partial charge >= 0.3 is 0 Å². The van der Waals surface area contributed by atoms with E-state index in [0.29, 0.717) is 18.6 Å². The fourth-order valence-electron chi connectivity index (χ4n) is 5.92. The van der Waals surface area contributed by atoms with Gasteiger partial charge in [-0.05, 0) is 73.6 Å². The maximum atomic E-state index is 13.4. The van der Waals surface area contributed by atoms with Crippen molar-refractivity contribution in [3.8, 4) is 0 Å². The van der Waals surface area contributed by atoms with Crippen LogP contribution in [0.1, 0.15) is 50.0 Å². The Kier molecular flexibility index (Phi) is 5.65. The van der Waals surface area contributed by atoms with Crippen LogP contribution in [0.15, 0.2) is 48.5 Å². The lowest BCUT2D eigenvalue weighted by atomic mass is 9.77. The van der Waals surface area contributed by atoms with E-state index in [1.54, 1.807) is 12.1 Å². The highest BCUT2D eigenvalue weighted by molar-refractivity contribution is 6.30. The van der Waals surface area contributed by atoms with Crippen molar-refractivity contribution in [1.82, 2.24) is 10.2 Å². The summed E-state index contributed by atoms with van der Waals surface area (Å²) in [5.74, 6) is 0.372. The lowest BCUT2D eigenvalue weighted by Crippen LogP contribution is -2.58. The first-order valence-electron chi connectivity index (χ1n) is 11.4. The number of nitrogens with one attached hydrogen (secondary N) is 1. The Balaban J connectivity index is 1.34. The minimum atomic E-state index is -0.529. The molecule has 2 aromatic rings. The summed E-state index contributed by atoms with van der Waals surface area (Å²) in [6.45, 7) is 2.29. The third kappa shape index (κ3) is 3.83. The predicted octanol–water partition coefficient (Wildman–Crippen LogP) is 4.93. The number of hydrogen-bond donors (Lipinski definition) is 1. The molecule has 0 radical (unpaired) electrons. The van der Waals surface area contributed by atoms with Crippen molar-refractivity contribution in [2.24, 2.45) is 0 Å². The van der Waals surface area contributed by atoms with Crippen LogP contribution in [0.4, 0.5) is 10.1 Å². The molecule has 31 heavy (non-hydrogen) atoms. The van der Waals surface area contributed by atoms with Crippen LogP contribution >= 0.6 is 11.6 Å². The Morgan fingerprint density at radius 3 is 2.35 bits per heavy atom. The van der Waals surface area contributed by atoms with Gasteiger partial charge in [-0.25, -0.2) is 4.39 Å². The molecule has 0 aromatic heterocycles. The Labute approximate surface area is 188 Å². The second kappa shape index (κ2) is 8.44. The molecule has 6 heteroatoms. The zero-order valence-corrected chi connectivity index (χ0v) is 18.5. The maximum Gasteiger partial charge on any atom is 0.247 e. The molecule has 4 nitrogen and oxygen atoms in total. The number of carbonyl (C=O) groups excluding carboxylic acids is 1. The van der Waals surface area contributed by atoms with Crippen molar-refractivity contribution in [2.45, 2.75) is 56.0 Å². The van der Waals surface area contributed by atoms with Crippen molar-refractivity contribution < 1.29 is 9.18 Å². The smallest absolute Gasteiger partial charge is 0.247 e. The summed E-state index contributed by atoms with van der Waals surface area (Å²) in [7, 11) is 0. The van der Waals surface area contributed by atoms with Gasteiger partial charge in [0.05, 0.1) is 6.67 Å². The highest BCUT2D eigenvalue weighted by Crippen LogP contribution is 2.41. The van der Waals surface area contributed by atoms with E-state index in [4.69, 9.17) is 11.6 Å². The largest absolute Gasteiger partial charge is 0.339 e. The number of likely N-dealkylation sites (tertiary alicyclic amines) is 1. The van der Waals surface area contributed by atoms with Gasteiger partial charge in [0.2, 0.25) is 5.91 Å². The molecular weight excluding hydrogens is 413 g/mol. The number of benzene rings is 2. The van der Waals surface area contributed by atoms with Crippen LogP contribution in [0.5, 0.6) is 0 Å². The minimum absolute atomic E-state index is 0.106. The maximum absolute atomic E-state index is 13.4. The van der Waals surface area contributed by atoms with E-state index in [-0.39, 0.29) is 11.7 Å². The molecule has 164 valence electrons. The summed E-state index contributed by atoms with van der Waals surface area (Å²) < 4.78 is 13.4. The highest BCUT2D eigenvalue weighted by Gasteiger charge is 2.51. The Bertz CT molecular complexity index is 925. The molecule has 1 amide bonds. The van der Waals surface area contributed by atoms with Gasteiger partial charge in [0.25, 0.3) is 0 Å². The first kappa shape index (κ1) is 20.8. The second-order valence-electron chi connectivity index (χ2n) is 9.15. The van der Waals surface area contributed by atoms with Crippen LogP contribution in [-0.4, -0.2) is 42.1 Å². The molecule has 5 rings (SSSR count). The third-order valence-corrected chi connectivity index (χ3v) is 7.85. The molecular formula is C25H29ClFN3O. The molecule has 3 aliphatic rings. The first-order chi connectivity index (χ1) is 15.1. The number of nitrogens with zero attached hydrogens (tertiary/aromatic N) is 2. The van der Waals surface area contributed by atoms with Gasteiger partial charge in [-0.3, -0.25) is 9.69 Å². The van der Waals surface area contributed by atoms with Crippen molar-refractivity contribution in [2.75, 3.05) is 24.7 Å². The molecule has 1 saturated carbocycles. The molecule has 2 aromatic carbocycles. The third-order valence-electron chi connectivity index (χ3n) is 7.60. The van der Waals surface area contributed by atoms with Gasteiger partial charge in [0.15, 0.2) is 0 Å². The van der Waals surface area contributed by atoms with Crippen LogP contribution in [0.25, 0.3) is 0 Å². The Morgan fingerprint density at radius 1 is 0.968 bits per heavy atom. The SMILES string of the molecule is O=C1NCN(c2ccc(F)cc2)C12CCN([C@@H]1CCCC[C@@H]1c1ccc(Cl)cc1)CC2. The highest BCUT2D eigenvalue weighted by atomic mass is 35.5. The van der Waals surface area contributed by atoms with Crippen LogP contribution in [0, 0.1) is 5.82 Å². The zero-order chi connectivity index (χ0) is 21.4. The van der Waals surface area contributed by atoms with E-state index in [2.05, 4.69) is 27.2 Å². The summed E-state index contributed by atoms with van der Waals surface area (Å²) in [5, 5.41) is 3.82. The lowest BCUT2D eigenvalue weighted by Gasteiger charge is -2.48. The van der Waals surface area contributed by atoms with Gasteiger partial charge in [-0.1, -0.05) is 36.6 Å². The number of anilines is 1. The second-order valence-corrected chi connectivity index (χ2v) is 9.58. The molecule has 2 atom stereocenters. The number of amides is 1. The van der Waals surface area contributed by atoms with Gasteiger partial charge < -0.3 is 10.2 Å². The summed E-state index contributed by atoms with van der Waals surface area (Å²) >= 11 is 6.12. The zero-order valence-electron chi connectivity index (χ0n) is 17.7. The molecule has 3 fully saturated rings. The van der Waals surface area contributed by atoms with Gasteiger partial charge in [0, 0.05) is 29.8 Å². The molecule has 1 N–H and O–H groups in total. The fourth-order valence-corrected chi connectivity index (χ4v) is 6.04. The van der Waals surface area contributed by atoms with Crippen molar-refractivity contribution in [3.05, 3.63) is 64.9 Å². The standard InChI is InChI=1S/C25H29ClFN3O/c26-19-7-5-18(6-8-19)22-3-1-2-4-23(22)29-15-13-25(14-16-29)24(31)28-17-30(25)21-11-9-20(27)10-12-21/h5-12,22-23H,1-4,13-17H2,(H,28,31)/t22-,23-/m1/s1. The number of rotatable bonds is 3. The van der Waals surface area contributed by atoms with Crippen molar-refractivity contribution in [3.63, 3.8) is 0 Å². The molecule has 2 saturated heterocycles. The number of piperidine rings is 1. The molecule has 1 aliphatic carbocycles. The van der Waals surface area contributed by atoms with Crippen LogP contribution in [0.2, 0.25) is 5.02 Å². The van der Waals surface area contributed by atoms with Gasteiger partial charge in [-0.15, -0.1) is 0 Å². The molecule has 2 aliphatic heterocycles. The topological polar surface area (TPSA) is 35.6 Å². The van der Waals surface area contributed by atoms with E-state index >= 15 is 0 Å². The number of halogens is 2.